The number of thioether (sulfide) groups is 1. The molecule has 2 nitrogen and oxygen atoms in total. The van der Waals surface area contributed by atoms with E-state index in [-0.39, 0.29) is 11.7 Å². The molecule has 0 heterocycles. The van der Waals surface area contributed by atoms with Gasteiger partial charge in [0.25, 0.3) is 0 Å². The van der Waals surface area contributed by atoms with Crippen LogP contribution in [0.2, 0.25) is 5.02 Å². The monoisotopic (exact) mass is 306 g/mol. The van der Waals surface area contributed by atoms with Gasteiger partial charge in [-0.05, 0) is 17.2 Å². The van der Waals surface area contributed by atoms with Crippen molar-refractivity contribution < 1.29 is 9.90 Å². The summed E-state index contributed by atoms with van der Waals surface area (Å²) in [5, 5.41) is 9.72. The lowest BCUT2D eigenvalue weighted by molar-refractivity contribution is -0.137. The van der Waals surface area contributed by atoms with Crippen LogP contribution in [0.3, 0.4) is 0 Å². The Kier molecular flexibility index (Phi) is 5.50. The fourth-order valence-corrected chi connectivity index (χ4v) is 3.43. The van der Waals surface area contributed by atoms with Crippen molar-refractivity contribution in [3.63, 3.8) is 0 Å². The third-order valence-electron chi connectivity index (χ3n) is 2.93. The number of rotatable bonds is 6. The van der Waals surface area contributed by atoms with E-state index >= 15 is 0 Å². The molecule has 0 aliphatic rings. The van der Waals surface area contributed by atoms with E-state index in [2.05, 4.69) is 0 Å². The third-order valence-corrected chi connectivity index (χ3v) is 4.62. The van der Waals surface area contributed by atoms with Crippen LogP contribution in [0.1, 0.15) is 22.8 Å². The van der Waals surface area contributed by atoms with Crippen LogP contribution in [0.15, 0.2) is 54.6 Å². The zero-order chi connectivity index (χ0) is 14.4. The molecule has 0 radical (unpaired) electrons. The predicted octanol–water partition coefficient (Wildman–Crippen LogP) is 4.79. The fourth-order valence-electron chi connectivity index (χ4n) is 1.91. The Balaban J connectivity index is 2.09. The zero-order valence-electron chi connectivity index (χ0n) is 10.8. The van der Waals surface area contributed by atoms with E-state index in [9.17, 15) is 4.79 Å². The van der Waals surface area contributed by atoms with E-state index < -0.39 is 5.97 Å². The molecule has 0 spiro atoms. The number of carbonyl (C=O) groups is 1. The van der Waals surface area contributed by atoms with Crippen LogP contribution in [-0.4, -0.2) is 11.1 Å². The Morgan fingerprint density at radius 1 is 1.10 bits per heavy atom. The average molecular weight is 307 g/mol. The van der Waals surface area contributed by atoms with Gasteiger partial charge < -0.3 is 5.11 Å². The van der Waals surface area contributed by atoms with E-state index in [4.69, 9.17) is 16.7 Å². The van der Waals surface area contributed by atoms with Gasteiger partial charge in [-0.2, -0.15) is 0 Å². The van der Waals surface area contributed by atoms with Gasteiger partial charge in [-0.3, -0.25) is 4.79 Å². The van der Waals surface area contributed by atoms with Crippen LogP contribution in [0.25, 0.3) is 0 Å². The quantitative estimate of drug-likeness (QED) is 0.833. The predicted molar refractivity (Wildman–Crippen MR) is 84.2 cm³/mol. The Morgan fingerprint density at radius 2 is 1.75 bits per heavy atom. The minimum Gasteiger partial charge on any atom is -0.481 e. The molecule has 1 N–H and O–H groups in total. The second-order valence-electron chi connectivity index (χ2n) is 4.40. The molecule has 104 valence electrons. The third kappa shape index (κ3) is 4.29. The summed E-state index contributed by atoms with van der Waals surface area (Å²) in [7, 11) is 0. The Bertz CT molecular complexity index is 572. The number of halogens is 1. The summed E-state index contributed by atoms with van der Waals surface area (Å²) < 4.78 is 0. The van der Waals surface area contributed by atoms with Crippen molar-refractivity contribution in [1.82, 2.24) is 0 Å². The van der Waals surface area contributed by atoms with Gasteiger partial charge in [-0.15, -0.1) is 11.8 Å². The van der Waals surface area contributed by atoms with Crippen molar-refractivity contribution in [2.75, 3.05) is 0 Å². The topological polar surface area (TPSA) is 37.3 Å². The van der Waals surface area contributed by atoms with Crippen molar-refractivity contribution >= 4 is 29.3 Å². The molecule has 0 saturated carbocycles. The highest BCUT2D eigenvalue weighted by molar-refractivity contribution is 7.98. The largest absolute Gasteiger partial charge is 0.481 e. The highest BCUT2D eigenvalue weighted by atomic mass is 35.5. The summed E-state index contributed by atoms with van der Waals surface area (Å²) in [6.45, 7) is 0. The molecule has 0 amide bonds. The lowest BCUT2D eigenvalue weighted by atomic mass is 10.1. The van der Waals surface area contributed by atoms with Crippen LogP contribution in [0.4, 0.5) is 0 Å². The smallest absolute Gasteiger partial charge is 0.304 e. The SMILES string of the molecule is O=C(O)CC(SCc1ccccc1Cl)c1ccccc1. The second kappa shape index (κ2) is 7.36. The molecule has 1 atom stereocenters. The van der Waals surface area contributed by atoms with Gasteiger partial charge in [0.15, 0.2) is 0 Å². The van der Waals surface area contributed by atoms with Crippen molar-refractivity contribution in [1.29, 1.82) is 0 Å². The summed E-state index contributed by atoms with van der Waals surface area (Å²) in [6, 6.07) is 17.4. The fraction of sp³-hybridized carbons (Fsp3) is 0.188. The number of benzene rings is 2. The van der Waals surface area contributed by atoms with E-state index in [1.165, 1.54) is 0 Å². The van der Waals surface area contributed by atoms with Crippen LogP contribution >= 0.6 is 23.4 Å². The average Bonchev–Trinajstić information content (AvgIpc) is 2.45. The van der Waals surface area contributed by atoms with Crippen LogP contribution in [0.5, 0.6) is 0 Å². The Hall–Kier alpha value is -1.45. The first-order valence-corrected chi connectivity index (χ1v) is 7.71. The standard InChI is InChI=1S/C16H15ClO2S/c17-14-9-5-4-8-13(14)11-20-15(10-16(18)19)12-6-2-1-3-7-12/h1-9,15H,10-11H2,(H,18,19). The lowest BCUT2D eigenvalue weighted by Gasteiger charge is -2.15. The van der Waals surface area contributed by atoms with Gasteiger partial charge in [0.2, 0.25) is 0 Å². The molecule has 2 aromatic rings. The van der Waals surface area contributed by atoms with Gasteiger partial charge >= 0.3 is 5.97 Å². The molecule has 0 saturated heterocycles. The normalized spacial score (nSPS) is 12.1. The van der Waals surface area contributed by atoms with Gasteiger partial charge in [0.1, 0.15) is 0 Å². The molecule has 0 aliphatic carbocycles. The molecular formula is C16H15ClO2S. The first-order chi connectivity index (χ1) is 9.66. The maximum Gasteiger partial charge on any atom is 0.304 e. The molecule has 20 heavy (non-hydrogen) atoms. The molecule has 0 aromatic heterocycles. The lowest BCUT2D eigenvalue weighted by Crippen LogP contribution is -2.03. The molecule has 1 unspecified atom stereocenters. The van der Waals surface area contributed by atoms with Crippen molar-refractivity contribution in [2.45, 2.75) is 17.4 Å². The van der Waals surface area contributed by atoms with Crippen LogP contribution < -0.4 is 0 Å². The van der Waals surface area contributed by atoms with Gasteiger partial charge in [-0.25, -0.2) is 0 Å². The van der Waals surface area contributed by atoms with Crippen molar-refractivity contribution in [3.05, 3.63) is 70.7 Å². The molecule has 2 aromatic carbocycles. The number of carboxylic acid groups (broad SMARTS) is 1. The molecule has 0 bridgehead atoms. The minimum absolute atomic E-state index is 0.0648. The first kappa shape index (κ1) is 14.9. The van der Waals surface area contributed by atoms with Crippen LogP contribution in [0, 0.1) is 0 Å². The number of hydrogen-bond donors (Lipinski definition) is 1. The van der Waals surface area contributed by atoms with Crippen molar-refractivity contribution in [2.24, 2.45) is 0 Å². The van der Waals surface area contributed by atoms with Crippen molar-refractivity contribution in [3.8, 4) is 0 Å². The molecular weight excluding hydrogens is 292 g/mol. The van der Waals surface area contributed by atoms with E-state index in [0.29, 0.717) is 5.75 Å². The highest BCUT2D eigenvalue weighted by Gasteiger charge is 2.16. The first-order valence-electron chi connectivity index (χ1n) is 6.28. The second-order valence-corrected chi connectivity index (χ2v) is 6.00. The molecule has 4 heteroatoms. The Labute approximate surface area is 127 Å². The summed E-state index contributed by atoms with van der Waals surface area (Å²) in [4.78, 5) is 11.0. The van der Waals surface area contributed by atoms with E-state index in [1.807, 2.05) is 54.6 Å². The minimum atomic E-state index is -0.787. The molecule has 0 aliphatic heterocycles. The van der Waals surface area contributed by atoms with Gasteiger partial charge in [0, 0.05) is 16.0 Å². The number of aliphatic carboxylic acids is 1. The molecule has 0 fully saturated rings. The maximum atomic E-state index is 11.0. The maximum absolute atomic E-state index is 11.0. The van der Waals surface area contributed by atoms with E-state index in [0.717, 1.165) is 16.1 Å². The van der Waals surface area contributed by atoms with E-state index in [1.54, 1.807) is 11.8 Å². The number of carboxylic acids is 1. The summed E-state index contributed by atoms with van der Waals surface area (Å²) in [5.74, 6) is -0.0857. The van der Waals surface area contributed by atoms with Gasteiger partial charge in [-0.1, -0.05) is 60.1 Å². The molecule has 2 rings (SSSR count). The summed E-state index contributed by atoms with van der Waals surface area (Å²) >= 11 is 7.73. The zero-order valence-corrected chi connectivity index (χ0v) is 12.4. The Morgan fingerprint density at radius 3 is 2.40 bits per heavy atom. The summed E-state index contributed by atoms with van der Waals surface area (Å²) in [6.07, 6.45) is 0.110. The number of hydrogen-bond acceptors (Lipinski definition) is 2. The highest BCUT2D eigenvalue weighted by Crippen LogP contribution is 2.35. The van der Waals surface area contributed by atoms with Gasteiger partial charge in [0.05, 0.1) is 6.42 Å². The van der Waals surface area contributed by atoms with Crippen LogP contribution in [-0.2, 0) is 10.5 Å². The summed E-state index contributed by atoms with van der Waals surface area (Å²) in [5.41, 5.74) is 2.07.